The molecule has 0 radical (unpaired) electrons. The summed E-state index contributed by atoms with van der Waals surface area (Å²) in [6.07, 6.45) is 8.19. The lowest BCUT2D eigenvalue weighted by Gasteiger charge is -2.38. The molecule has 1 fully saturated rings. The molecule has 0 atom stereocenters. The molecule has 0 bridgehead atoms. The number of amides is 1. The van der Waals surface area contributed by atoms with Crippen LogP contribution in [-0.4, -0.2) is 62.9 Å². The number of nitrogens with zero attached hydrogens (tertiary/aromatic N) is 5. The van der Waals surface area contributed by atoms with E-state index in [1.54, 1.807) is 19.3 Å². The minimum atomic E-state index is 0.101. The van der Waals surface area contributed by atoms with Crippen LogP contribution in [0.2, 0.25) is 0 Å². The van der Waals surface area contributed by atoms with Crippen molar-refractivity contribution in [3.8, 4) is 5.88 Å². The molecule has 1 amide bonds. The molecular weight excluding hydrogens is 354 g/mol. The van der Waals surface area contributed by atoms with Crippen molar-refractivity contribution in [2.24, 2.45) is 0 Å². The normalized spacial score (nSPS) is 17.8. The molecule has 0 spiro atoms. The van der Waals surface area contributed by atoms with Crippen molar-refractivity contribution in [3.05, 3.63) is 53.8 Å². The van der Waals surface area contributed by atoms with Gasteiger partial charge in [0.15, 0.2) is 0 Å². The Morgan fingerprint density at radius 2 is 2.04 bits per heavy atom. The van der Waals surface area contributed by atoms with E-state index in [1.165, 1.54) is 5.56 Å². The monoisotopic (exact) mass is 379 g/mol. The maximum atomic E-state index is 11.5. The van der Waals surface area contributed by atoms with Crippen molar-refractivity contribution in [2.45, 2.75) is 32.9 Å². The molecular formula is C21H25N5O2. The van der Waals surface area contributed by atoms with E-state index in [0.717, 1.165) is 43.0 Å². The van der Waals surface area contributed by atoms with Gasteiger partial charge in [0.1, 0.15) is 11.8 Å². The number of aromatic nitrogens is 3. The van der Waals surface area contributed by atoms with Crippen molar-refractivity contribution in [1.82, 2.24) is 24.8 Å². The van der Waals surface area contributed by atoms with Gasteiger partial charge < -0.3 is 9.64 Å². The summed E-state index contributed by atoms with van der Waals surface area (Å²) in [5.74, 6) is 0.687. The highest BCUT2D eigenvalue weighted by molar-refractivity contribution is 5.76. The Bertz CT molecular complexity index is 875. The number of carbonyl (C=O) groups is 1. The van der Waals surface area contributed by atoms with Crippen LogP contribution in [0, 0.1) is 6.92 Å². The van der Waals surface area contributed by atoms with Gasteiger partial charge in [0, 0.05) is 58.2 Å². The van der Waals surface area contributed by atoms with E-state index in [1.807, 2.05) is 18.0 Å². The van der Waals surface area contributed by atoms with Crippen LogP contribution >= 0.6 is 0 Å². The van der Waals surface area contributed by atoms with Crippen molar-refractivity contribution in [2.75, 3.05) is 26.2 Å². The topological polar surface area (TPSA) is 71.5 Å². The molecule has 0 unspecified atom stereocenters. The molecule has 2 aromatic rings. The van der Waals surface area contributed by atoms with Crippen molar-refractivity contribution in [3.63, 3.8) is 0 Å². The molecule has 4 rings (SSSR count). The summed E-state index contributed by atoms with van der Waals surface area (Å²) in [5, 5.41) is 0. The highest BCUT2D eigenvalue weighted by Crippen LogP contribution is 2.28. The van der Waals surface area contributed by atoms with E-state index in [0.29, 0.717) is 19.0 Å². The van der Waals surface area contributed by atoms with Gasteiger partial charge in [-0.1, -0.05) is 12.1 Å². The zero-order valence-corrected chi connectivity index (χ0v) is 16.3. The summed E-state index contributed by atoms with van der Waals surface area (Å²) < 4.78 is 6.14. The lowest BCUT2D eigenvalue weighted by Crippen LogP contribution is -2.53. The van der Waals surface area contributed by atoms with Gasteiger partial charge in [-0.05, 0) is 30.5 Å². The predicted molar refractivity (Wildman–Crippen MR) is 106 cm³/mol. The molecule has 146 valence electrons. The molecule has 7 heteroatoms. The summed E-state index contributed by atoms with van der Waals surface area (Å²) in [6, 6.07) is 4.16. The zero-order valence-electron chi connectivity index (χ0n) is 16.3. The maximum Gasteiger partial charge on any atom is 0.240 e. The number of ether oxygens (including phenoxy) is 1. The van der Waals surface area contributed by atoms with Crippen LogP contribution < -0.4 is 4.74 Å². The van der Waals surface area contributed by atoms with Gasteiger partial charge in [-0.3, -0.25) is 14.7 Å². The largest absolute Gasteiger partial charge is 0.470 e. The van der Waals surface area contributed by atoms with E-state index >= 15 is 0 Å². The van der Waals surface area contributed by atoms with Gasteiger partial charge in [-0.25, -0.2) is 9.97 Å². The van der Waals surface area contributed by atoms with E-state index in [4.69, 9.17) is 4.74 Å². The third kappa shape index (κ3) is 4.20. The average molecular weight is 379 g/mol. The molecule has 0 N–H and O–H groups in total. The quantitative estimate of drug-likeness (QED) is 0.792. The van der Waals surface area contributed by atoms with Crippen molar-refractivity contribution < 1.29 is 9.53 Å². The second kappa shape index (κ2) is 8.06. The molecule has 0 aromatic carbocycles. The maximum absolute atomic E-state index is 11.5. The van der Waals surface area contributed by atoms with E-state index < -0.39 is 0 Å². The van der Waals surface area contributed by atoms with E-state index in [2.05, 4.69) is 38.1 Å². The minimum Gasteiger partial charge on any atom is -0.470 e. The van der Waals surface area contributed by atoms with Crippen molar-refractivity contribution in [1.29, 1.82) is 0 Å². The Balaban J connectivity index is 1.35. The van der Waals surface area contributed by atoms with Crippen LogP contribution in [0.25, 0.3) is 5.57 Å². The summed E-state index contributed by atoms with van der Waals surface area (Å²) in [5.41, 5.74) is 4.14. The lowest BCUT2D eigenvalue weighted by atomic mass is 10.0. The van der Waals surface area contributed by atoms with Gasteiger partial charge in [0.05, 0.1) is 5.69 Å². The molecule has 2 aromatic heterocycles. The van der Waals surface area contributed by atoms with Crippen LogP contribution in [0.15, 0.2) is 36.8 Å². The van der Waals surface area contributed by atoms with Crippen LogP contribution in [0.5, 0.6) is 5.88 Å². The Hall–Kier alpha value is -2.80. The first kappa shape index (κ1) is 18.6. The smallest absolute Gasteiger partial charge is 0.240 e. The van der Waals surface area contributed by atoms with E-state index in [9.17, 15) is 4.79 Å². The predicted octanol–water partition coefficient (Wildman–Crippen LogP) is 2.08. The second-order valence-electron chi connectivity index (χ2n) is 7.42. The molecule has 0 aliphatic carbocycles. The first-order valence-corrected chi connectivity index (χ1v) is 9.65. The van der Waals surface area contributed by atoms with Crippen LogP contribution in [0.3, 0.4) is 0 Å². The minimum absolute atomic E-state index is 0.101. The Kier molecular flexibility index (Phi) is 5.34. The molecule has 0 saturated carbocycles. The number of hydrogen-bond donors (Lipinski definition) is 0. The average Bonchev–Trinajstić information content (AvgIpc) is 2.68. The number of aryl methyl sites for hydroxylation is 1. The first-order valence-electron chi connectivity index (χ1n) is 9.65. The third-order valence-corrected chi connectivity index (χ3v) is 5.18. The third-order valence-electron chi connectivity index (χ3n) is 5.18. The number of hydrogen-bond acceptors (Lipinski definition) is 6. The van der Waals surface area contributed by atoms with Gasteiger partial charge in [0.25, 0.3) is 0 Å². The standard InChI is InChI=1S/C21H25N5O2/c1-15-3-4-18(24-11-15)12-25-13-19(14-25)28-21-20(22-7-8-23-21)17-5-9-26(10-6-17)16(2)27/h3-5,7-8,11,19H,6,9-10,12-14H2,1-2H3. The summed E-state index contributed by atoms with van der Waals surface area (Å²) in [4.78, 5) is 29.0. The Labute approximate surface area is 165 Å². The highest BCUT2D eigenvalue weighted by atomic mass is 16.5. The number of carbonyl (C=O) groups excluding carboxylic acids is 1. The molecule has 28 heavy (non-hydrogen) atoms. The number of likely N-dealkylation sites (tertiary alicyclic amines) is 1. The fourth-order valence-corrected chi connectivity index (χ4v) is 3.51. The number of rotatable bonds is 5. The summed E-state index contributed by atoms with van der Waals surface area (Å²) >= 11 is 0. The zero-order chi connectivity index (χ0) is 19.5. The summed E-state index contributed by atoms with van der Waals surface area (Å²) in [6.45, 7) is 7.50. The fourth-order valence-electron chi connectivity index (χ4n) is 3.51. The first-order chi connectivity index (χ1) is 13.6. The summed E-state index contributed by atoms with van der Waals surface area (Å²) in [7, 11) is 0. The molecule has 7 nitrogen and oxygen atoms in total. The molecule has 4 heterocycles. The van der Waals surface area contributed by atoms with E-state index in [-0.39, 0.29) is 12.0 Å². The van der Waals surface area contributed by atoms with Crippen LogP contribution in [0.1, 0.15) is 30.3 Å². The lowest BCUT2D eigenvalue weighted by molar-refractivity contribution is -0.128. The Morgan fingerprint density at radius 1 is 1.21 bits per heavy atom. The fraction of sp³-hybridized carbons (Fsp3) is 0.429. The van der Waals surface area contributed by atoms with Gasteiger partial charge in [-0.15, -0.1) is 0 Å². The Morgan fingerprint density at radius 3 is 2.71 bits per heavy atom. The molecule has 1 saturated heterocycles. The van der Waals surface area contributed by atoms with Gasteiger partial charge >= 0.3 is 0 Å². The highest BCUT2D eigenvalue weighted by Gasteiger charge is 2.30. The van der Waals surface area contributed by atoms with Crippen LogP contribution in [-0.2, 0) is 11.3 Å². The van der Waals surface area contributed by atoms with Crippen molar-refractivity contribution >= 4 is 11.5 Å². The molecule has 2 aliphatic heterocycles. The molecule has 2 aliphatic rings. The van der Waals surface area contributed by atoms with Gasteiger partial charge in [-0.2, -0.15) is 0 Å². The number of pyridine rings is 1. The second-order valence-corrected chi connectivity index (χ2v) is 7.42. The van der Waals surface area contributed by atoms with Crippen LogP contribution in [0.4, 0.5) is 0 Å². The SMILES string of the molecule is CC(=O)N1CC=C(c2nccnc2OC2CN(Cc3ccc(C)cn3)C2)CC1. The van der Waals surface area contributed by atoms with Gasteiger partial charge in [0.2, 0.25) is 11.8 Å².